The molecule has 22 heavy (non-hydrogen) atoms. The Labute approximate surface area is 140 Å². The van der Waals surface area contributed by atoms with Gasteiger partial charge in [0, 0.05) is 30.2 Å². The molecule has 0 aromatic heterocycles. The minimum absolute atomic E-state index is 0.0781. The van der Waals surface area contributed by atoms with E-state index in [1.165, 1.54) is 0 Å². The van der Waals surface area contributed by atoms with Crippen molar-refractivity contribution in [3.63, 3.8) is 0 Å². The van der Waals surface area contributed by atoms with Gasteiger partial charge in [-0.2, -0.15) is 0 Å². The average Bonchev–Trinajstić information content (AvgIpc) is 2.22. The molecule has 0 amide bonds. The Kier molecular flexibility index (Phi) is 4.97. The van der Waals surface area contributed by atoms with Crippen LogP contribution >= 0.6 is 0 Å². The van der Waals surface area contributed by atoms with Crippen LogP contribution in [0.2, 0.25) is 0 Å². The van der Waals surface area contributed by atoms with Crippen molar-refractivity contribution < 1.29 is 0 Å². The first kappa shape index (κ1) is 20.0. The summed E-state index contributed by atoms with van der Waals surface area (Å²) in [6.45, 7) is 31.1. The molecule has 0 aromatic rings. The standard InChI is InChI=1S/C20H42N2/c1-16(2,3)15-20(17(4,5)6,18(7,8)9)22(14-13-21-15)19(10,11)12/h15,21H,13-14H2,1-12H3. The molecule has 1 rings (SSSR count). The Bertz CT molecular complexity index is 344. The molecule has 0 saturated carbocycles. The highest BCUT2D eigenvalue weighted by Crippen LogP contribution is 2.56. The second-order valence-electron chi connectivity index (χ2n) is 11.3. The lowest BCUT2D eigenvalue weighted by atomic mass is 9.50. The first-order chi connectivity index (χ1) is 9.47. The van der Waals surface area contributed by atoms with Crippen molar-refractivity contribution in [3.8, 4) is 0 Å². The summed E-state index contributed by atoms with van der Waals surface area (Å²) in [6.07, 6.45) is 0. The maximum absolute atomic E-state index is 3.92. The molecular formula is C20H42N2. The summed E-state index contributed by atoms with van der Waals surface area (Å²) in [5, 5.41) is 3.92. The van der Waals surface area contributed by atoms with E-state index >= 15 is 0 Å². The Morgan fingerprint density at radius 1 is 0.773 bits per heavy atom. The van der Waals surface area contributed by atoms with Gasteiger partial charge in [0.2, 0.25) is 0 Å². The monoisotopic (exact) mass is 310 g/mol. The van der Waals surface area contributed by atoms with Crippen molar-refractivity contribution in [2.75, 3.05) is 13.1 Å². The van der Waals surface area contributed by atoms with E-state index < -0.39 is 0 Å². The fourth-order valence-corrected chi connectivity index (χ4v) is 5.40. The van der Waals surface area contributed by atoms with E-state index in [9.17, 15) is 0 Å². The van der Waals surface area contributed by atoms with E-state index in [2.05, 4.69) is 93.3 Å². The van der Waals surface area contributed by atoms with Crippen molar-refractivity contribution in [1.82, 2.24) is 10.2 Å². The predicted molar refractivity (Wildman–Crippen MR) is 99.3 cm³/mol. The zero-order chi connectivity index (χ0) is 17.8. The number of rotatable bonds is 0. The molecule has 0 aliphatic carbocycles. The fraction of sp³-hybridized carbons (Fsp3) is 1.00. The summed E-state index contributed by atoms with van der Waals surface area (Å²) in [5.74, 6) is 0. The number of nitrogens with zero attached hydrogens (tertiary/aromatic N) is 1. The quantitative estimate of drug-likeness (QED) is 0.682. The van der Waals surface area contributed by atoms with Gasteiger partial charge >= 0.3 is 0 Å². The lowest BCUT2D eigenvalue weighted by Gasteiger charge is -2.70. The molecule has 132 valence electrons. The topological polar surface area (TPSA) is 15.3 Å². The van der Waals surface area contributed by atoms with Crippen LogP contribution in [0.15, 0.2) is 0 Å². The smallest absolute Gasteiger partial charge is 0.0469 e. The number of nitrogens with one attached hydrogen (secondary N) is 1. The molecule has 1 heterocycles. The maximum atomic E-state index is 3.92. The third kappa shape index (κ3) is 3.11. The van der Waals surface area contributed by atoms with Crippen LogP contribution in [0.1, 0.15) is 83.1 Å². The summed E-state index contributed by atoms with van der Waals surface area (Å²) in [7, 11) is 0. The molecule has 1 fully saturated rings. The molecular weight excluding hydrogens is 268 g/mol. The molecule has 0 bridgehead atoms. The molecule has 0 spiro atoms. The van der Waals surface area contributed by atoms with Gasteiger partial charge < -0.3 is 5.32 Å². The van der Waals surface area contributed by atoms with Gasteiger partial charge in [-0.1, -0.05) is 62.3 Å². The van der Waals surface area contributed by atoms with Gasteiger partial charge in [0.15, 0.2) is 0 Å². The Balaban J connectivity index is 3.74. The van der Waals surface area contributed by atoms with Crippen LogP contribution in [0, 0.1) is 16.2 Å². The van der Waals surface area contributed by atoms with Gasteiger partial charge in [-0.15, -0.1) is 0 Å². The molecule has 1 aliphatic heterocycles. The van der Waals surface area contributed by atoms with Crippen LogP contribution < -0.4 is 5.32 Å². The average molecular weight is 311 g/mol. The van der Waals surface area contributed by atoms with Crippen molar-refractivity contribution in [3.05, 3.63) is 0 Å². The second kappa shape index (κ2) is 5.48. The van der Waals surface area contributed by atoms with Crippen molar-refractivity contribution >= 4 is 0 Å². The lowest BCUT2D eigenvalue weighted by Crippen LogP contribution is -2.82. The number of piperazine rings is 1. The van der Waals surface area contributed by atoms with Crippen LogP contribution in [-0.4, -0.2) is 35.1 Å². The normalized spacial score (nSPS) is 25.4. The van der Waals surface area contributed by atoms with Gasteiger partial charge in [0.25, 0.3) is 0 Å². The second-order valence-corrected chi connectivity index (χ2v) is 11.3. The van der Waals surface area contributed by atoms with Crippen molar-refractivity contribution in [1.29, 1.82) is 0 Å². The van der Waals surface area contributed by atoms with Crippen LogP contribution in [-0.2, 0) is 0 Å². The van der Waals surface area contributed by atoms with E-state index in [1.54, 1.807) is 0 Å². The van der Waals surface area contributed by atoms with E-state index in [4.69, 9.17) is 0 Å². The van der Waals surface area contributed by atoms with Gasteiger partial charge in [-0.25, -0.2) is 0 Å². The summed E-state index contributed by atoms with van der Waals surface area (Å²) < 4.78 is 0. The summed E-state index contributed by atoms with van der Waals surface area (Å²) in [6, 6.07) is 0.452. The molecule has 1 unspecified atom stereocenters. The van der Waals surface area contributed by atoms with Crippen LogP contribution in [0.3, 0.4) is 0 Å². The molecule has 0 aromatic carbocycles. The molecule has 2 nitrogen and oxygen atoms in total. The van der Waals surface area contributed by atoms with E-state index in [1.807, 2.05) is 0 Å². The van der Waals surface area contributed by atoms with E-state index in [0.29, 0.717) is 6.04 Å². The third-order valence-electron chi connectivity index (χ3n) is 5.49. The lowest BCUT2D eigenvalue weighted by molar-refractivity contribution is -0.182. The SMILES string of the molecule is CC(C)(C)C1NCCN(C(C)(C)C)C1(C(C)(C)C)C(C)(C)C. The predicted octanol–water partition coefficient (Wildman–Crippen LogP) is 4.94. The zero-order valence-electron chi connectivity index (χ0n) is 17.4. The highest BCUT2D eigenvalue weighted by Gasteiger charge is 2.64. The Morgan fingerprint density at radius 2 is 1.18 bits per heavy atom. The highest BCUT2D eigenvalue weighted by atomic mass is 15.3. The van der Waals surface area contributed by atoms with Crippen molar-refractivity contribution in [2.45, 2.75) is 100 Å². The number of hydrogen-bond acceptors (Lipinski definition) is 2. The molecule has 2 heteroatoms. The summed E-state index contributed by atoms with van der Waals surface area (Å²) >= 11 is 0. The van der Waals surface area contributed by atoms with Gasteiger partial charge in [-0.3, -0.25) is 4.90 Å². The Hall–Kier alpha value is -0.0800. The first-order valence-corrected chi connectivity index (χ1v) is 8.98. The van der Waals surface area contributed by atoms with Gasteiger partial charge in [0.1, 0.15) is 0 Å². The van der Waals surface area contributed by atoms with Gasteiger partial charge in [-0.05, 0) is 37.0 Å². The number of hydrogen-bond donors (Lipinski definition) is 1. The minimum Gasteiger partial charge on any atom is -0.310 e. The van der Waals surface area contributed by atoms with Crippen LogP contribution in [0.4, 0.5) is 0 Å². The highest BCUT2D eigenvalue weighted by molar-refractivity contribution is 5.20. The largest absolute Gasteiger partial charge is 0.310 e. The molecule has 1 saturated heterocycles. The first-order valence-electron chi connectivity index (χ1n) is 8.98. The molecule has 1 aliphatic rings. The van der Waals surface area contributed by atoms with E-state index in [0.717, 1.165) is 13.1 Å². The van der Waals surface area contributed by atoms with Crippen LogP contribution in [0.5, 0.6) is 0 Å². The molecule has 1 atom stereocenters. The van der Waals surface area contributed by atoms with Crippen molar-refractivity contribution in [2.24, 2.45) is 16.2 Å². The maximum Gasteiger partial charge on any atom is 0.0469 e. The molecule has 1 N–H and O–H groups in total. The third-order valence-corrected chi connectivity index (χ3v) is 5.49. The zero-order valence-corrected chi connectivity index (χ0v) is 17.4. The van der Waals surface area contributed by atoms with Crippen LogP contribution in [0.25, 0.3) is 0 Å². The summed E-state index contributed by atoms with van der Waals surface area (Å²) in [4.78, 5) is 2.81. The Morgan fingerprint density at radius 3 is 1.45 bits per heavy atom. The van der Waals surface area contributed by atoms with E-state index in [-0.39, 0.29) is 27.3 Å². The fourth-order valence-electron chi connectivity index (χ4n) is 5.40. The van der Waals surface area contributed by atoms with Gasteiger partial charge in [0.05, 0.1) is 0 Å². The summed E-state index contributed by atoms with van der Waals surface area (Å²) in [5.41, 5.74) is 0.791. The molecule has 0 radical (unpaired) electrons. The minimum atomic E-state index is 0.0781.